The van der Waals surface area contributed by atoms with E-state index >= 15 is 0 Å². The van der Waals surface area contributed by atoms with E-state index in [1.165, 1.54) is 56.5 Å². The van der Waals surface area contributed by atoms with Gasteiger partial charge in [0.25, 0.3) is 0 Å². The summed E-state index contributed by atoms with van der Waals surface area (Å²) in [5.74, 6) is 0. The van der Waals surface area contributed by atoms with Gasteiger partial charge >= 0.3 is 91.9 Å². The van der Waals surface area contributed by atoms with Crippen LogP contribution in [0.1, 0.15) is 58.3 Å². The number of aliphatic imine (C=N–C) groups is 1. The van der Waals surface area contributed by atoms with E-state index < -0.39 is 0 Å². The third-order valence-electron chi connectivity index (χ3n) is 2.46. The second kappa shape index (κ2) is 13.3. The Bertz CT molecular complexity index is 109. The number of unbranched alkanes of at least 4 members (excludes halogenated alkanes) is 6. The van der Waals surface area contributed by atoms with E-state index in [2.05, 4.69) is 35.8 Å². The molecule has 0 heterocycles. The molecule has 0 aromatic carbocycles. The molecule has 0 aliphatic carbocycles. The van der Waals surface area contributed by atoms with Crippen LogP contribution in [0.4, 0.5) is 0 Å². The second-order valence-corrected chi connectivity index (χ2v) is 4.00. The number of hydrogen-bond acceptors (Lipinski definition) is 1. The minimum atomic E-state index is 1.05. The molecule has 1 nitrogen and oxygen atoms in total. The first kappa shape index (κ1) is 14.3. The predicted octanol–water partition coefficient (Wildman–Crippen LogP) is 3.78. The summed E-state index contributed by atoms with van der Waals surface area (Å²) >= 11 is 2.25. The van der Waals surface area contributed by atoms with E-state index in [9.17, 15) is 0 Å². The second-order valence-electron chi connectivity index (χ2n) is 4.00. The molecule has 0 radical (unpaired) electrons. The fourth-order valence-corrected chi connectivity index (χ4v) is 1.47. The van der Waals surface area contributed by atoms with Gasteiger partial charge in [-0.25, -0.2) is 0 Å². The van der Waals surface area contributed by atoms with E-state index in [1.54, 1.807) is 0 Å². The van der Waals surface area contributed by atoms with Crippen molar-refractivity contribution in [3.05, 3.63) is 0 Å². The van der Waals surface area contributed by atoms with Crippen molar-refractivity contribution < 1.29 is 0 Å². The zero-order valence-electron chi connectivity index (χ0n) is 10.1. The molecule has 0 aliphatic rings. The maximum absolute atomic E-state index is 4.42. The predicted molar refractivity (Wildman–Crippen MR) is 66.5 cm³/mol. The summed E-state index contributed by atoms with van der Waals surface area (Å²) in [5.41, 5.74) is 0. The molecule has 0 saturated carbocycles. The molecule has 0 unspecified atom stereocenters. The van der Waals surface area contributed by atoms with E-state index in [0.717, 1.165) is 6.54 Å². The zero-order chi connectivity index (χ0) is 10.5. The van der Waals surface area contributed by atoms with Gasteiger partial charge in [0, 0.05) is 0 Å². The molecule has 0 aromatic heterocycles. The van der Waals surface area contributed by atoms with Crippen molar-refractivity contribution in [2.24, 2.45) is 4.99 Å². The standard InChI is InChI=1S/C12H24N.Li/c1-3-5-7-9-11-13-12-10-8-6-4-2;/h11H,1,3-10,12H2,2H3;. The van der Waals surface area contributed by atoms with Crippen molar-refractivity contribution in [2.45, 2.75) is 63.4 Å². The average Bonchev–Trinajstić information content (AvgIpc) is 2.21. The molecule has 0 aliphatic heterocycles. The molecule has 0 aromatic rings. The van der Waals surface area contributed by atoms with E-state index in [0.29, 0.717) is 0 Å². The van der Waals surface area contributed by atoms with Gasteiger partial charge in [-0.15, -0.1) is 0 Å². The summed E-state index contributed by atoms with van der Waals surface area (Å²) in [4.78, 5) is 4.42. The molecule has 14 heavy (non-hydrogen) atoms. The third kappa shape index (κ3) is 12.3. The van der Waals surface area contributed by atoms with Gasteiger partial charge in [-0.3, -0.25) is 0 Å². The molecule has 0 atom stereocenters. The topological polar surface area (TPSA) is 12.4 Å². The van der Waals surface area contributed by atoms with E-state index in [1.807, 2.05) is 0 Å². The minimum Gasteiger partial charge on any atom is -0.0654 e. The number of nitrogens with zero attached hydrogens (tertiary/aromatic N) is 1. The summed E-state index contributed by atoms with van der Waals surface area (Å²) in [6.45, 7) is 3.30. The Balaban J connectivity index is 2.96. The van der Waals surface area contributed by atoms with Crippen molar-refractivity contribution in [2.75, 3.05) is 6.54 Å². The Morgan fingerprint density at radius 1 is 1.00 bits per heavy atom. The van der Waals surface area contributed by atoms with Crippen LogP contribution in [0, 0.1) is 0 Å². The van der Waals surface area contributed by atoms with Crippen LogP contribution in [0.3, 0.4) is 0 Å². The monoisotopic (exact) mass is 189 g/mol. The van der Waals surface area contributed by atoms with Crippen molar-refractivity contribution >= 4 is 23.9 Å². The molecule has 2 heteroatoms. The Kier molecular flexibility index (Phi) is 13.5. The minimum absolute atomic E-state index is 1.05. The van der Waals surface area contributed by atoms with Crippen LogP contribution in [-0.4, -0.2) is 30.5 Å². The average molecular weight is 189 g/mol. The molecule has 0 N–H and O–H groups in total. The van der Waals surface area contributed by atoms with Gasteiger partial charge in [-0.2, -0.15) is 0 Å². The summed E-state index contributed by atoms with van der Waals surface area (Å²) in [6, 6.07) is 0. The van der Waals surface area contributed by atoms with Gasteiger partial charge in [0.2, 0.25) is 0 Å². The summed E-state index contributed by atoms with van der Waals surface area (Å²) in [7, 11) is 0. The summed E-state index contributed by atoms with van der Waals surface area (Å²) in [6.07, 6.45) is 12.7. The van der Waals surface area contributed by atoms with Crippen LogP contribution in [0.15, 0.2) is 4.99 Å². The Labute approximate surface area is 99.0 Å². The van der Waals surface area contributed by atoms with Crippen LogP contribution in [0.5, 0.6) is 0 Å². The summed E-state index contributed by atoms with van der Waals surface area (Å²) < 4.78 is 0. The van der Waals surface area contributed by atoms with Crippen LogP contribution < -0.4 is 0 Å². The SMILES string of the molecule is [Li][CH2]CCCCC=NCCCCCC. The summed E-state index contributed by atoms with van der Waals surface area (Å²) in [5, 5.41) is 1.33. The maximum atomic E-state index is 4.42. The van der Waals surface area contributed by atoms with E-state index in [4.69, 9.17) is 0 Å². The smallest absolute Gasteiger partial charge is 0.0654 e. The third-order valence-corrected chi connectivity index (χ3v) is 2.46. The van der Waals surface area contributed by atoms with Gasteiger partial charge < -0.3 is 0 Å². The fraction of sp³-hybridized carbons (Fsp3) is 0.917. The first-order valence-corrected chi connectivity index (χ1v) is 6.40. The number of hydrogen-bond donors (Lipinski definition) is 0. The molecule has 0 amide bonds. The Hall–Kier alpha value is 0.267. The Morgan fingerprint density at radius 2 is 1.79 bits per heavy atom. The molecule has 0 spiro atoms. The van der Waals surface area contributed by atoms with E-state index in [-0.39, 0.29) is 0 Å². The molecule has 0 fully saturated rings. The molecule has 0 saturated heterocycles. The van der Waals surface area contributed by atoms with Gasteiger partial charge in [0.1, 0.15) is 0 Å². The van der Waals surface area contributed by atoms with Crippen LogP contribution >= 0.6 is 0 Å². The molecular formula is C12H24LiN. The molecule has 78 valence electrons. The van der Waals surface area contributed by atoms with Gasteiger partial charge in [-0.05, 0) is 0 Å². The van der Waals surface area contributed by atoms with Crippen molar-refractivity contribution in [1.29, 1.82) is 0 Å². The van der Waals surface area contributed by atoms with Crippen LogP contribution in [0.2, 0.25) is 5.09 Å². The van der Waals surface area contributed by atoms with Crippen LogP contribution in [-0.2, 0) is 0 Å². The van der Waals surface area contributed by atoms with Gasteiger partial charge in [0.15, 0.2) is 0 Å². The quantitative estimate of drug-likeness (QED) is 0.282. The van der Waals surface area contributed by atoms with Crippen molar-refractivity contribution in [3.8, 4) is 0 Å². The molecule has 0 bridgehead atoms. The van der Waals surface area contributed by atoms with Crippen LogP contribution in [0.25, 0.3) is 0 Å². The van der Waals surface area contributed by atoms with Crippen molar-refractivity contribution in [1.82, 2.24) is 0 Å². The first-order chi connectivity index (χ1) is 6.91. The van der Waals surface area contributed by atoms with Gasteiger partial charge in [-0.1, -0.05) is 6.92 Å². The Morgan fingerprint density at radius 3 is 2.50 bits per heavy atom. The fourth-order valence-electron chi connectivity index (χ4n) is 1.47. The van der Waals surface area contributed by atoms with Crippen molar-refractivity contribution in [3.63, 3.8) is 0 Å². The van der Waals surface area contributed by atoms with Gasteiger partial charge in [0.05, 0.1) is 0 Å². The normalized spacial score (nSPS) is 11.4. The number of rotatable bonds is 10. The molecular weight excluding hydrogens is 165 g/mol. The first-order valence-electron chi connectivity index (χ1n) is 6.40. The molecule has 0 rings (SSSR count). The zero-order valence-corrected chi connectivity index (χ0v) is 10.1.